The van der Waals surface area contributed by atoms with Crippen LogP contribution >= 0.6 is 0 Å². The number of aromatic hydroxyl groups is 3. The minimum absolute atomic E-state index is 0.0235. The number of benzene rings is 2. The topological polar surface area (TPSA) is 163 Å². The fraction of sp³-hybridized carbons (Fsp3) is 0.385. The Hall–Kier alpha value is -3.60. The van der Waals surface area contributed by atoms with E-state index in [1.165, 1.54) is 26.0 Å². The molecule has 2 rings (SSSR count). The van der Waals surface area contributed by atoms with Crippen molar-refractivity contribution in [3.05, 3.63) is 57.7 Å². The van der Waals surface area contributed by atoms with Crippen molar-refractivity contribution < 1.29 is 49.3 Å². The number of allylic oxidation sites excluding steroid dienone is 2. The van der Waals surface area contributed by atoms with Crippen LogP contribution in [0.15, 0.2) is 29.8 Å². The molecule has 0 heterocycles. The number of hydrogen-bond donors (Lipinski definition) is 5. The minimum Gasteiger partial charge on any atom is -0.508 e. The normalized spacial score (nSPS) is 11.6. The lowest BCUT2D eigenvalue weighted by Gasteiger charge is -2.19. The van der Waals surface area contributed by atoms with E-state index in [1.54, 1.807) is 0 Å². The molecule has 0 aliphatic heterocycles. The van der Waals surface area contributed by atoms with Gasteiger partial charge in [0, 0.05) is 24.1 Å². The van der Waals surface area contributed by atoms with Crippen molar-refractivity contribution in [2.45, 2.75) is 53.4 Å². The van der Waals surface area contributed by atoms with E-state index < -0.39 is 30.4 Å². The van der Waals surface area contributed by atoms with Gasteiger partial charge >= 0.3 is 11.9 Å². The highest BCUT2D eigenvalue weighted by molar-refractivity contribution is 5.96. The first kappa shape index (κ1) is 28.6. The van der Waals surface area contributed by atoms with Gasteiger partial charge in [-0.05, 0) is 50.5 Å². The minimum atomic E-state index is -1.08. The van der Waals surface area contributed by atoms with Gasteiger partial charge in [0.1, 0.15) is 41.3 Å². The Labute approximate surface area is 209 Å². The molecule has 0 unspecified atom stereocenters. The molecular formula is C26H32O10. The number of aliphatic hydroxyl groups is 2. The average molecular weight is 505 g/mol. The summed E-state index contributed by atoms with van der Waals surface area (Å²) < 4.78 is 15.7. The van der Waals surface area contributed by atoms with Crippen LogP contribution in [0, 0.1) is 6.92 Å². The number of esters is 2. The maximum absolute atomic E-state index is 12.9. The van der Waals surface area contributed by atoms with Crippen LogP contribution in [0.1, 0.15) is 53.4 Å². The maximum Gasteiger partial charge on any atom is 0.347 e. The van der Waals surface area contributed by atoms with Gasteiger partial charge in [-0.2, -0.15) is 0 Å². The van der Waals surface area contributed by atoms with E-state index in [9.17, 15) is 35.1 Å². The van der Waals surface area contributed by atoms with Crippen molar-refractivity contribution in [1.29, 1.82) is 0 Å². The first-order valence-electron chi connectivity index (χ1n) is 11.2. The Bertz CT molecular complexity index is 1110. The molecule has 0 aliphatic rings. The summed E-state index contributed by atoms with van der Waals surface area (Å²) in [7, 11) is 0. The number of phenolic OH excluding ortho intramolecular Hbond substituents is 3. The van der Waals surface area contributed by atoms with E-state index >= 15 is 0 Å². The van der Waals surface area contributed by atoms with Crippen LogP contribution in [0.4, 0.5) is 0 Å². The van der Waals surface area contributed by atoms with Crippen LogP contribution in [-0.4, -0.2) is 56.8 Å². The van der Waals surface area contributed by atoms with Crippen LogP contribution in [0.5, 0.6) is 23.0 Å². The second-order valence-electron chi connectivity index (χ2n) is 8.50. The number of aryl methyl sites for hydroxylation is 1. The summed E-state index contributed by atoms with van der Waals surface area (Å²) in [4.78, 5) is 23.8. The number of phenols is 3. The fourth-order valence-corrected chi connectivity index (χ4v) is 3.41. The van der Waals surface area contributed by atoms with Crippen LogP contribution in [0.3, 0.4) is 0 Å². The second kappa shape index (κ2) is 12.9. The van der Waals surface area contributed by atoms with Gasteiger partial charge in [-0.1, -0.05) is 11.6 Å². The van der Waals surface area contributed by atoms with Crippen molar-refractivity contribution in [3.8, 4) is 23.0 Å². The number of ether oxygens (including phenoxy) is 3. The molecule has 36 heavy (non-hydrogen) atoms. The highest BCUT2D eigenvalue weighted by atomic mass is 16.5. The predicted octanol–water partition coefficient (Wildman–Crippen LogP) is 2.77. The first-order chi connectivity index (χ1) is 16.9. The van der Waals surface area contributed by atoms with Gasteiger partial charge in [-0.15, -0.1) is 0 Å². The fourth-order valence-electron chi connectivity index (χ4n) is 3.41. The summed E-state index contributed by atoms with van der Waals surface area (Å²) in [6, 6.07) is 3.71. The highest BCUT2D eigenvalue weighted by Crippen LogP contribution is 2.37. The average Bonchev–Trinajstić information content (AvgIpc) is 2.77. The molecule has 0 spiro atoms. The molecule has 10 nitrogen and oxygen atoms in total. The molecule has 0 bridgehead atoms. The molecular weight excluding hydrogens is 472 g/mol. The van der Waals surface area contributed by atoms with Gasteiger partial charge in [0.05, 0.1) is 19.8 Å². The number of carbonyl (C=O) groups excluding carboxylic acids is 2. The summed E-state index contributed by atoms with van der Waals surface area (Å²) in [5, 5.41) is 50.6. The van der Waals surface area contributed by atoms with Crippen LogP contribution in [0.2, 0.25) is 0 Å². The second-order valence-corrected chi connectivity index (χ2v) is 8.50. The smallest absolute Gasteiger partial charge is 0.347 e. The molecule has 0 aliphatic carbocycles. The van der Waals surface area contributed by atoms with Crippen LogP contribution in [0.25, 0.3) is 0 Å². The van der Waals surface area contributed by atoms with Gasteiger partial charge in [0.25, 0.3) is 0 Å². The summed E-state index contributed by atoms with van der Waals surface area (Å²) in [5.74, 6) is -2.42. The zero-order chi connectivity index (χ0) is 27.0. The van der Waals surface area contributed by atoms with Crippen molar-refractivity contribution in [2.75, 3.05) is 13.2 Å². The Balaban J connectivity index is 2.38. The van der Waals surface area contributed by atoms with Gasteiger partial charge < -0.3 is 39.7 Å². The van der Waals surface area contributed by atoms with E-state index in [0.717, 1.165) is 11.6 Å². The number of hydrogen-bond acceptors (Lipinski definition) is 10. The molecule has 2 aromatic rings. The van der Waals surface area contributed by atoms with Crippen LogP contribution < -0.4 is 4.74 Å². The van der Waals surface area contributed by atoms with E-state index in [1.807, 2.05) is 19.9 Å². The quantitative estimate of drug-likeness (QED) is 0.175. The number of carbonyl (C=O) groups is 2. The molecule has 0 fully saturated rings. The van der Waals surface area contributed by atoms with Gasteiger partial charge in [-0.3, -0.25) is 4.79 Å². The Morgan fingerprint density at radius 1 is 1.03 bits per heavy atom. The molecule has 0 saturated carbocycles. The van der Waals surface area contributed by atoms with Crippen LogP contribution in [-0.2, 0) is 33.9 Å². The molecule has 0 amide bonds. The lowest BCUT2D eigenvalue weighted by atomic mass is 9.98. The third-order valence-electron chi connectivity index (χ3n) is 5.19. The van der Waals surface area contributed by atoms with Gasteiger partial charge in [0.15, 0.2) is 0 Å². The third kappa shape index (κ3) is 7.70. The Morgan fingerprint density at radius 2 is 1.72 bits per heavy atom. The zero-order valence-electron chi connectivity index (χ0n) is 20.7. The predicted molar refractivity (Wildman–Crippen MR) is 129 cm³/mol. The largest absolute Gasteiger partial charge is 0.508 e. The Morgan fingerprint density at radius 3 is 2.31 bits per heavy atom. The SMILES string of the molecule is CC(=O)OC[C@@H](O)COCc1c(CO)cc(OC(=O)c2c(C)cc(O)cc2O)c(CC=C(C)C)c1O. The zero-order valence-corrected chi connectivity index (χ0v) is 20.7. The summed E-state index contributed by atoms with van der Waals surface area (Å²) in [6.07, 6.45) is 0.910. The summed E-state index contributed by atoms with van der Waals surface area (Å²) >= 11 is 0. The summed E-state index contributed by atoms with van der Waals surface area (Å²) in [5.41, 5.74) is 1.77. The van der Waals surface area contributed by atoms with Gasteiger partial charge in [-0.25, -0.2) is 4.79 Å². The maximum atomic E-state index is 12.9. The van der Waals surface area contributed by atoms with E-state index in [-0.39, 0.29) is 71.3 Å². The molecule has 10 heteroatoms. The highest BCUT2D eigenvalue weighted by Gasteiger charge is 2.23. The standard InChI is InChI=1S/C26H32O10/c1-14(2)5-6-20-23(36-26(33)24-15(3)7-18(29)9-22(24)31)8-17(10-27)21(25(20)32)13-34-11-19(30)12-35-16(4)28/h5,7-9,19,27,29-32H,6,10-13H2,1-4H3/t19-/m0/s1. The molecule has 2 aromatic carbocycles. The molecule has 5 N–H and O–H groups in total. The monoisotopic (exact) mass is 504 g/mol. The van der Waals surface area contributed by atoms with E-state index in [0.29, 0.717) is 0 Å². The van der Waals surface area contributed by atoms with Crippen molar-refractivity contribution in [2.24, 2.45) is 0 Å². The molecule has 0 radical (unpaired) electrons. The molecule has 196 valence electrons. The van der Waals surface area contributed by atoms with Crippen molar-refractivity contribution >= 4 is 11.9 Å². The number of aliphatic hydroxyl groups excluding tert-OH is 2. The number of rotatable bonds is 11. The molecule has 0 saturated heterocycles. The summed E-state index contributed by atoms with van der Waals surface area (Å²) in [6.45, 7) is 5.30. The van der Waals surface area contributed by atoms with Crippen molar-refractivity contribution in [1.82, 2.24) is 0 Å². The Kier molecular flexibility index (Phi) is 10.3. The lowest BCUT2D eigenvalue weighted by Crippen LogP contribution is -2.23. The van der Waals surface area contributed by atoms with E-state index in [4.69, 9.17) is 14.2 Å². The molecule has 1 atom stereocenters. The van der Waals surface area contributed by atoms with Gasteiger partial charge in [0.2, 0.25) is 0 Å². The van der Waals surface area contributed by atoms with Crippen molar-refractivity contribution in [3.63, 3.8) is 0 Å². The van der Waals surface area contributed by atoms with E-state index in [2.05, 4.69) is 0 Å². The lowest BCUT2D eigenvalue weighted by molar-refractivity contribution is -0.145. The first-order valence-corrected chi connectivity index (χ1v) is 11.2. The third-order valence-corrected chi connectivity index (χ3v) is 5.19. The molecule has 0 aromatic heterocycles.